The number of halogens is 1. The maximum absolute atomic E-state index is 5.95. The first-order valence-corrected chi connectivity index (χ1v) is 6.66. The minimum absolute atomic E-state index is 0.600. The smallest absolute Gasteiger partial charge is 0.148 e. The molecule has 0 aromatic carbocycles. The zero-order chi connectivity index (χ0) is 10.5. The lowest BCUT2D eigenvalue weighted by molar-refractivity contribution is 0.515. The summed E-state index contributed by atoms with van der Waals surface area (Å²) in [6.07, 6.45) is 5.72. The summed E-state index contributed by atoms with van der Waals surface area (Å²) in [7, 11) is 0. The summed E-state index contributed by atoms with van der Waals surface area (Å²) < 4.78 is 0. The van der Waals surface area contributed by atoms with Gasteiger partial charge in [-0.05, 0) is 30.3 Å². The molecule has 1 fully saturated rings. The number of aromatic nitrogens is 2. The fourth-order valence-electron chi connectivity index (χ4n) is 1.63. The van der Waals surface area contributed by atoms with Crippen LogP contribution in [0.25, 0.3) is 0 Å². The zero-order valence-electron chi connectivity index (χ0n) is 8.45. The second kappa shape index (κ2) is 5.56. The fraction of sp³-hybridized carbons (Fsp3) is 0.600. The van der Waals surface area contributed by atoms with Crippen molar-refractivity contribution in [3.05, 3.63) is 17.5 Å². The average molecular weight is 244 g/mol. The molecule has 0 atom stereocenters. The van der Waals surface area contributed by atoms with Crippen molar-refractivity contribution in [3.63, 3.8) is 0 Å². The van der Waals surface area contributed by atoms with Gasteiger partial charge in [0.2, 0.25) is 0 Å². The SMILES string of the molecule is Clc1cncnc1NCC1CCSCC1. The summed E-state index contributed by atoms with van der Waals surface area (Å²) in [5, 5.41) is 3.89. The zero-order valence-corrected chi connectivity index (χ0v) is 10.0. The number of hydrogen-bond acceptors (Lipinski definition) is 4. The molecule has 1 saturated heterocycles. The van der Waals surface area contributed by atoms with Crippen LogP contribution in [0, 0.1) is 5.92 Å². The summed E-state index contributed by atoms with van der Waals surface area (Å²) >= 11 is 7.99. The van der Waals surface area contributed by atoms with Gasteiger partial charge in [-0.3, -0.25) is 0 Å². The van der Waals surface area contributed by atoms with Crippen LogP contribution >= 0.6 is 23.4 Å². The van der Waals surface area contributed by atoms with Crippen molar-refractivity contribution in [1.82, 2.24) is 9.97 Å². The van der Waals surface area contributed by atoms with E-state index in [-0.39, 0.29) is 0 Å². The molecule has 0 spiro atoms. The minimum atomic E-state index is 0.600. The Bertz CT molecular complexity index is 315. The number of rotatable bonds is 3. The third-order valence-electron chi connectivity index (χ3n) is 2.57. The van der Waals surface area contributed by atoms with Gasteiger partial charge in [-0.1, -0.05) is 11.6 Å². The summed E-state index contributed by atoms with van der Waals surface area (Å²) in [4.78, 5) is 7.96. The van der Waals surface area contributed by atoms with Crippen molar-refractivity contribution in [2.24, 2.45) is 5.92 Å². The van der Waals surface area contributed by atoms with Crippen molar-refractivity contribution in [2.45, 2.75) is 12.8 Å². The normalized spacial score (nSPS) is 17.7. The molecule has 82 valence electrons. The Labute approximate surface area is 99.0 Å². The molecule has 0 aliphatic carbocycles. The van der Waals surface area contributed by atoms with E-state index in [0.29, 0.717) is 5.02 Å². The third-order valence-corrected chi connectivity index (χ3v) is 3.89. The van der Waals surface area contributed by atoms with Gasteiger partial charge in [-0.2, -0.15) is 11.8 Å². The molecule has 0 amide bonds. The lowest BCUT2D eigenvalue weighted by atomic mass is 10.0. The molecule has 1 aliphatic heterocycles. The predicted molar refractivity (Wildman–Crippen MR) is 65.6 cm³/mol. The highest BCUT2D eigenvalue weighted by Gasteiger charge is 2.13. The second-order valence-electron chi connectivity index (χ2n) is 3.66. The lowest BCUT2D eigenvalue weighted by Crippen LogP contribution is -2.19. The molecule has 3 nitrogen and oxygen atoms in total. The molecule has 15 heavy (non-hydrogen) atoms. The predicted octanol–water partition coefficient (Wildman–Crippen LogP) is 2.69. The van der Waals surface area contributed by atoms with E-state index in [9.17, 15) is 0 Å². The number of thioether (sulfide) groups is 1. The van der Waals surface area contributed by atoms with Crippen LogP contribution < -0.4 is 5.32 Å². The second-order valence-corrected chi connectivity index (χ2v) is 5.29. The molecule has 0 saturated carbocycles. The van der Waals surface area contributed by atoms with Crippen LogP contribution in [0.2, 0.25) is 5.02 Å². The van der Waals surface area contributed by atoms with E-state index in [1.54, 1.807) is 6.20 Å². The molecule has 0 unspecified atom stereocenters. The van der Waals surface area contributed by atoms with Gasteiger partial charge in [-0.15, -0.1) is 0 Å². The summed E-state index contributed by atoms with van der Waals surface area (Å²) in [6.45, 7) is 0.970. The number of nitrogens with one attached hydrogen (secondary N) is 1. The van der Waals surface area contributed by atoms with E-state index >= 15 is 0 Å². The van der Waals surface area contributed by atoms with Crippen molar-refractivity contribution < 1.29 is 0 Å². The van der Waals surface area contributed by atoms with E-state index in [1.165, 1.54) is 30.7 Å². The van der Waals surface area contributed by atoms with Crippen molar-refractivity contribution >= 4 is 29.2 Å². The standard InChI is InChI=1S/C10H14ClN3S/c11-9-6-12-7-14-10(9)13-5-8-1-3-15-4-2-8/h6-8H,1-5H2,(H,12,13,14). The van der Waals surface area contributed by atoms with Crippen molar-refractivity contribution in [2.75, 3.05) is 23.4 Å². The molecule has 0 bridgehead atoms. The van der Waals surface area contributed by atoms with E-state index in [0.717, 1.165) is 18.3 Å². The van der Waals surface area contributed by atoms with Gasteiger partial charge in [0.1, 0.15) is 17.2 Å². The van der Waals surface area contributed by atoms with Crippen molar-refractivity contribution in [1.29, 1.82) is 0 Å². The maximum Gasteiger partial charge on any atom is 0.148 e. The Hall–Kier alpha value is -0.480. The summed E-state index contributed by atoms with van der Waals surface area (Å²) in [5.74, 6) is 4.08. The third kappa shape index (κ3) is 3.24. The Morgan fingerprint density at radius 1 is 1.47 bits per heavy atom. The van der Waals surface area contributed by atoms with Gasteiger partial charge in [-0.25, -0.2) is 9.97 Å². The van der Waals surface area contributed by atoms with Gasteiger partial charge in [0.15, 0.2) is 0 Å². The molecule has 1 aromatic heterocycles. The van der Waals surface area contributed by atoms with Crippen molar-refractivity contribution in [3.8, 4) is 0 Å². The maximum atomic E-state index is 5.95. The first-order valence-electron chi connectivity index (χ1n) is 5.13. The molecule has 0 radical (unpaired) electrons. The van der Waals surface area contributed by atoms with Crippen LogP contribution in [0.5, 0.6) is 0 Å². The van der Waals surface area contributed by atoms with Crippen LogP contribution in [0.1, 0.15) is 12.8 Å². The average Bonchev–Trinajstić information content (AvgIpc) is 2.29. The number of hydrogen-bond donors (Lipinski definition) is 1. The molecule has 1 N–H and O–H groups in total. The van der Waals surface area contributed by atoms with E-state index in [2.05, 4.69) is 15.3 Å². The van der Waals surface area contributed by atoms with Gasteiger partial charge >= 0.3 is 0 Å². The Kier molecular flexibility index (Phi) is 4.09. The quantitative estimate of drug-likeness (QED) is 0.886. The highest BCUT2D eigenvalue weighted by Crippen LogP contribution is 2.24. The molecule has 5 heteroatoms. The first kappa shape index (κ1) is 11.0. The molecular weight excluding hydrogens is 230 g/mol. The van der Waals surface area contributed by atoms with E-state index in [4.69, 9.17) is 11.6 Å². The van der Waals surface area contributed by atoms with Gasteiger partial charge in [0.05, 0.1) is 6.20 Å². The first-order chi connectivity index (χ1) is 7.36. The number of anilines is 1. The van der Waals surface area contributed by atoms with Crippen LogP contribution in [0.3, 0.4) is 0 Å². The Morgan fingerprint density at radius 2 is 2.27 bits per heavy atom. The Balaban J connectivity index is 1.84. The molecule has 1 aliphatic rings. The molecule has 1 aromatic rings. The van der Waals surface area contributed by atoms with E-state index in [1.807, 2.05) is 11.8 Å². The highest BCUT2D eigenvalue weighted by atomic mass is 35.5. The van der Waals surface area contributed by atoms with Crippen LogP contribution in [0.15, 0.2) is 12.5 Å². The van der Waals surface area contributed by atoms with Crippen LogP contribution in [-0.4, -0.2) is 28.0 Å². The van der Waals surface area contributed by atoms with Crippen LogP contribution in [0.4, 0.5) is 5.82 Å². The minimum Gasteiger partial charge on any atom is -0.368 e. The molecular formula is C10H14ClN3S. The summed E-state index contributed by atoms with van der Waals surface area (Å²) in [5.41, 5.74) is 0. The van der Waals surface area contributed by atoms with Crippen LogP contribution in [-0.2, 0) is 0 Å². The number of nitrogens with zero attached hydrogens (tertiary/aromatic N) is 2. The van der Waals surface area contributed by atoms with Gasteiger partial charge < -0.3 is 5.32 Å². The van der Waals surface area contributed by atoms with E-state index < -0.39 is 0 Å². The highest BCUT2D eigenvalue weighted by molar-refractivity contribution is 7.99. The Morgan fingerprint density at radius 3 is 3.00 bits per heavy atom. The molecule has 2 heterocycles. The summed E-state index contributed by atoms with van der Waals surface area (Å²) in [6, 6.07) is 0. The van der Waals surface area contributed by atoms with Gasteiger partial charge in [0, 0.05) is 6.54 Å². The monoisotopic (exact) mass is 243 g/mol. The topological polar surface area (TPSA) is 37.8 Å². The fourth-order valence-corrected chi connectivity index (χ4v) is 3.01. The van der Waals surface area contributed by atoms with Gasteiger partial charge in [0.25, 0.3) is 0 Å². The molecule has 2 rings (SSSR count). The largest absolute Gasteiger partial charge is 0.368 e. The lowest BCUT2D eigenvalue weighted by Gasteiger charge is -2.21.